The number of carboxylic acids is 1. The third-order valence-electron chi connectivity index (χ3n) is 5.42. The van der Waals surface area contributed by atoms with Gasteiger partial charge in [0, 0.05) is 30.7 Å². The molecule has 1 fully saturated rings. The summed E-state index contributed by atoms with van der Waals surface area (Å²) in [4.78, 5) is 28.8. The van der Waals surface area contributed by atoms with Gasteiger partial charge in [0.25, 0.3) is 5.91 Å². The molecule has 2 atom stereocenters. The van der Waals surface area contributed by atoms with Crippen molar-refractivity contribution in [2.75, 3.05) is 6.61 Å². The third-order valence-corrected chi connectivity index (χ3v) is 5.42. The van der Waals surface area contributed by atoms with Gasteiger partial charge in [-0.15, -0.1) is 0 Å². The fraction of sp³-hybridized carbons (Fsp3) is 0.381. The molecule has 148 valence electrons. The number of pyridine rings is 1. The van der Waals surface area contributed by atoms with Crippen LogP contribution in [0.3, 0.4) is 0 Å². The Kier molecular flexibility index (Phi) is 5.38. The van der Waals surface area contributed by atoms with E-state index in [0.29, 0.717) is 18.2 Å². The molecule has 1 aromatic carbocycles. The Labute approximate surface area is 163 Å². The molecule has 2 N–H and O–H groups in total. The van der Waals surface area contributed by atoms with Crippen LogP contribution in [0.2, 0.25) is 0 Å². The van der Waals surface area contributed by atoms with Crippen molar-refractivity contribution in [3.05, 3.63) is 54.2 Å². The van der Waals surface area contributed by atoms with Crippen LogP contribution in [0, 0.1) is 5.41 Å². The fourth-order valence-corrected chi connectivity index (χ4v) is 3.49. The van der Waals surface area contributed by atoms with Crippen LogP contribution in [0.1, 0.15) is 37.6 Å². The first-order valence-electron chi connectivity index (χ1n) is 9.16. The summed E-state index contributed by atoms with van der Waals surface area (Å²) in [7, 11) is 0. The molecule has 1 aromatic heterocycles. The molecule has 1 aliphatic carbocycles. The second kappa shape index (κ2) is 7.59. The van der Waals surface area contributed by atoms with Crippen molar-refractivity contribution in [3.8, 4) is 11.6 Å². The van der Waals surface area contributed by atoms with Crippen LogP contribution in [0.5, 0.6) is 11.6 Å². The summed E-state index contributed by atoms with van der Waals surface area (Å²) in [6, 6.07) is 12.3. The second-order valence-corrected chi connectivity index (χ2v) is 7.33. The molecular weight excluding hydrogens is 360 g/mol. The number of aromatic nitrogens is 1. The molecule has 3 rings (SSSR count). The van der Waals surface area contributed by atoms with Crippen LogP contribution in [0.4, 0.5) is 0 Å². The van der Waals surface area contributed by atoms with Crippen LogP contribution in [0.15, 0.2) is 48.7 Å². The molecule has 0 bridgehead atoms. The van der Waals surface area contributed by atoms with Gasteiger partial charge in [-0.3, -0.25) is 4.79 Å². The average Bonchev–Trinajstić information content (AvgIpc) is 2.68. The number of carbonyl (C=O) groups is 2. The molecule has 1 heterocycles. The molecule has 1 saturated carbocycles. The van der Waals surface area contributed by atoms with Crippen LogP contribution >= 0.6 is 0 Å². The molecule has 0 spiro atoms. The Morgan fingerprint density at radius 2 is 1.93 bits per heavy atom. The maximum absolute atomic E-state index is 12.7. The summed E-state index contributed by atoms with van der Waals surface area (Å²) < 4.78 is 11.2. The SMILES string of the molecule is CCOC1CC(NC(=O)c2ccc(Oc3ccccc3)nc2)(C(=O)O)C1(C)C. The third kappa shape index (κ3) is 3.45. The number of hydrogen-bond acceptors (Lipinski definition) is 5. The Bertz CT molecular complexity index is 851. The number of amides is 1. The van der Waals surface area contributed by atoms with Gasteiger partial charge in [-0.05, 0) is 25.1 Å². The molecule has 7 heteroatoms. The van der Waals surface area contributed by atoms with Crippen molar-refractivity contribution >= 4 is 11.9 Å². The van der Waals surface area contributed by atoms with E-state index in [1.165, 1.54) is 6.20 Å². The number of nitrogens with zero attached hydrogens (tertiary/aromatic N) is 1. The van der Waals surface area contributed by atoms with Gasteiger partial charge >= 0.3 is 5.97 Å². The number of hydrogen-bond donors (Lipinski definition) is 2. The minimum Gasteiger partial charge on any atom is -0.479 e. The zero-order valence-electron chi connectivity index (χ0n) is 16.1. The molecule has 2 aromatic rings. The summed E-state index contributed by atoms with van der Waals surface area (Å²) in [5.41, 5.74) is -1.87. The second-order valence-electron chi connectivity index (χ2n) is 7.33. The number of rotatable bonds is 7. The van der Waals surface area contributed by atoms with Crippen LogP contribution < -0.4 is 10.1 Å². The van der Waals surface area contributed by atoms with Gasteiger partial charge < -0.3 is 19.9 Å². The quantitative estimate of drug-likeness (QED) is 0.760. The Balaban J connectivity index is 1.72. The minimum absolute atomic E-state index is 0.220. The van der Waals surface area contributed by atoms with Crippen molar-refractivity contribution in [2.24, 2.45) is 5.41 Å². The van der Waals surface area contributed by atoms with Crippen LogP contribution in [-0.2, 0) is 9.53 Å². The van der Waals surface area contributed by atoms with Gasteiger partial charge in [0.2, 0.25) is 5.88 Å². The van der Waals surface area contributed by atoms with Crippen molar-refractivity contribution < 1.29 is 24.2 Å². The molecule has 1 aliphatic rings. The number of carboxylic acid groups (broad SMARTS) is 1. The van der Waals surface area contributed by atoms with E-state index in [-0.39, 0.29) is 18.1 Å². The summed E-state index contributed by atoms with van der Waals surface area (Å²) in [5.74, 6) is -0.589. The lowest BCUT2D eigenvalue weighted by Crippen LogP contribution is -2.76. The Morgan fingerprint density at radius 3 is 2.46 bits per heavy atom. The molecule has 0 aliphatic heterocycles. The number of carbonyl (C=O) groups excluding carboxylic acids is 1. The van der Waals surface area contributed by atoms with Crippen LogP contribution in [-0.4, -0.2) is 40.2 Å². The Morgan fingerprint density at radius 1 is 1.21 bits per heavy atom. The van der Waals surface area contributed by atoms with Gasteiger partial charge in [-0.25, -0.2) is 9.78 Å². The molecule has 0 radical (unpaired) electrons. The van der Waals surface area contributed by atoms with Crippen LogP contribution in [0.25, 0.3) is 0 Å². The number of benzene rings is 1. The Hall–Kier alpha value is -2.93. The highest BCUT2D eigenvalue weighted by atomic mass is 16.5. The normalized spacial score (nSPS) is 22.8. The summed E-state index contributed by atoms with van der Waals surface area (Å²) in [6.45, 7) is 5.94. The fourth-order valence-electron chi connectivity index (χ4n) is 3.49. The monoisotopic (exact) mass is 384 g/mol. The number of nitrogens with one attached hydrogen (secondary N) is 1. The topological polar surface area (TPSA) is 97.8 Å². The zero-order chi connectivity index (χ0) is 20.4. The smallest absolute Gasteiger partial charge is 0.330 e. The van der Waals surface area contributed by atoms with Gasteiger partial charge in [-0.2, -0.15) is 0 Å². The van der Waals surface area contributed by atoms with Gasteiger partial charge in [0.1, 0.15) is 11.3 Å². The zero-order valence-corrected chi connectivity index (χ0v) is 16.1. The molecule has 2 unspecified atom stereocenters. The van der Waals surface area contributed by atoms with Crippen molar-refractivity contribution in [2.45, 2.75) is 38.8 Å². The lowest BCUT2D eigenvalue weighted by atomic mass is 9.54. The first kappa shape index (κ1) is 19.8. The van der Waals surface area contributed by atoms with Gasteiger partial charge in [0.05, 0.1) is 11.7 Å². The predicted molar refractivity (Wildman–Crippen MR) is 102 cm³/mol. The molecule has 28 heavy (non-hydrogen) atoms. The number of ether oxygens (including phenoxy) is 2. The largest absolute Gasteiger partial charge is 0.479 e. The van der Waals surface area contributed by atoms with E-state index in [9.17, 15) is 14.7 Å². The predicted octanol–water partition coefficient (Wildman–Crippen LogP) is 3.26. The molecular formula is C21H24N2O5. The van der Waals surface area contributed by atoms with E-state index < -0.39 is 22.8 Å². The summed E-state index contributed by atoms with van der Waals surface area (Å²) in [5, 5.41) is 12.5. The number of aliphatic carboxylic acids is 1. The lowest BCUT2D eigenvalue weighted by Gasteiger charge is -2.58. The van der Waals surface area contributed by atoms with Crippen molar-refractivity contribution in [1.29, 1.82) is 0 Å². The molecule has 1 amide bonds. The molecule has 0 saturated heterocycles. The van der Waals surface area contributed by atoms with Gasteiger partial charge in [-0.1, -0.05) is 32.0 Å². The minimum atomic E-state index is -1.39. The van der Waals surface area contributed by atoms with E-state index >= 15 is 0 Å². The lowest BCUT2D eigenvalue weighted by molar-refractivity contribution is -0.190. The van der Waals surface area contributed by atoms with E-state index in [1.807, 2.05) is 25.1 Å². The maximum Gasteiger partial charge on any atom is 0.330 e. The molecule has 7 nitrogen and oxygen atoms in total. The van der Waals surface area contributed by atoms with E-state index in [1.54, 1.807) is 38.1 Å². The van der Waals surface area contributed by atoms with Gasteiger partial charge in [0.15, 0.2) is 0 Å². The standard InChI is InChI=1S/C21H24N2O5/c1-4-27-16-12-21(19(25)26,20(16,2)3)23-18(24)14-10-11-17(22-13-14)28-15-8-6-5-7-9-15/h5-11,13,16H,4,12H2,1-3H3,(H,23,24)(H,25,26). The average molecular weight is 384 g/mol. The maximum atomic E-state index is 12.7. The highest BCUT2D eigenvalue weighted by Crippen LogP contribution is 2.51. The van der Waals surface area contributed by atoms with Crippen molar-refractivity contribution in [1.82, 2.24) is 10.3 Å². The van der Waals surface area contributed by atoms with E-state index in [0.717, 1.165) is 0 Å². The summed E-state index contributed by atoms with van der Waals surface area (Å²) >= 11 is 0. The van der Waals surface area contributed by atoms with E-state index in [2.05, 4.69) is 10.3 Å². The van der Waals surface area contributed by atoms with E-state index in [4.69, 9.17) is 9.47 Å². The first-order valence-corrected chi connectivity index (χ1v) is 9.16. The van der Waals surface area contributed by atoms with Crippen molar-refractivity contribution in [3.63, 3.8) is 0 Å². The highest BCUT2D eigenvalue weighted by Gasteiger charge is 2.66. The summed E-state index contributed by atoms with van der Waals surface area (Å²) in [6.07, 6.45) is 1.36. The number of para-hydroxylation sites is 1. The first-order chi connectivity index (χ1) is 13.3. The highest BCUT2D eigenvalue weighted by molar-refractivity contribution is 5.98.